The van der Waals surface area contributed by atoms with Gasteiger partial charge in [0.2, 0.25) is 5.91 Å². The number of hydrogen-bond donors (Lipinski definition) is 2. The molecule has 1 aromatic heterocycles. The van der Waals surface area contributed by atoms with Crippen LogP contribution in [0.5, 0.6) is 0 Å². The van der Waals surface area contributed by atoms with Gasteiger partial charge in [-0.25, -0.2) is 4.98 Å². The summed E-state index contributed by atoms with van der Waals surface area (Å²) in [6.07, 6.45) is 2.03. The minimum absolute atomic E-state index is 0.0602. The first-order valence-electron chi connectivity index (χ1n) is 11.8. The van der Waals surface area contributed by atoms with Gasteiger partial charge in [-0.05, 0) is 68.4 Å². The average Bonchev–Trinajstić information content (AvgIpc) is 3.58. The summed E-state index contributed by atoms with van der Waals surface area (Å²) >= 11 is 6.15. The Morgan fingerprint density at radius 1 is 1.11 bits per heavy atom. The summed E-state index contributed by atoms with van der Waals surface area (Å²) in [5.74, 6) is -0.0447. The summed E-state index contributed by atoms with van der Waals surface area (Å²) in [7, 11) is 0. The third-order valence-corrected chi connectivity index (χ3v) is 7.59. The van der Waals surface area contributed by atoms with Gasteiger partial charge in [-0.1, -0.05) is 23.7 Å². The monoisotopic (exact) mass is 506 g/mol. The Balaban J connectivity index is 1.21. The van der Waals surface area contributed by atoms with E-state index in [1.54, 1.807) is 6.07 Å². The second-order valence-corrected chi connectivity index (χ2v) is 10.2. The Kier molecular flexibility index (Phi) is 6.15. The number of hydrogen-bond acceptors (Lipinski definition) is 4. The molecule has 2 aliphatic heterocycles. The van der Waals surface area contributed by atoms with E-state index in [2.05, 4.69) is 15.2 Å². The van der Waals surface area contributed by atoms with Crippen LogP contribution in [0.4, 0.5) is 19.0 Å². The average molecular weight is 507 g/mol. The Morgan fingerprint density at radius 2 is 1.83 bits per heavy atom. The normalized spacial score (nSPS) is 24.7. The van der Waals surface area contributed by atoms with Crippen molar-refractivity contribution in [2.45, 2.75) is 68.2 Å². The number of carbonyl (C=O) groups excluding carboxylic acids is 2. The zero-order chi connectivity index (χ0) is 24.8. The summed E-state index contributed by atoms with van der Waals surface area (Å²) in [5.41, 5.74) is 0.570. The maximum absolute atomic E-state index is 13.2. The van der Waals surface area contributed by atoms with Crippen LogP contribution in [0.2, 0.25) is 5.02 Å². The molecule has 6 nitrogen and oxygen atoms in total. The van der Waals surface area contributed by atoms with Crippen molar-refractivity contribution in [1.82, 2.24) is 15.6 Å². The highest BCUT2D eigenvalue weighted by Gasteiger charge is 2.52. The van der Waals surface area contributed by atoms with Crippen molar-refractivity contribution >= 4 is 29.2 Å². The number of anilines is 1. The van der Waals surface area contributed by atoms with E-state index in [1.807, 2.05) is 29.6 Å². The SMILES string of the molecule is O=C(NCC(F)(F)F)c1ccc(N2[C@@H]3CC[C@H]2C[C@@H](NC(=O)C2(c4cccc(Cl)c4)CC2)C3)nc1. The number of benzene rings is 1. The highest BCUT2D eigenvalue weighted by atomic mass is 35.5. The summed E-state index contributed by atoms with van der Waals surface area (Å²) in [6.45, 7) is -1.38. The predicted molar refractivity (Wildman–Crippen MR) is 125 cm³/mol. The molecule has 35 heavy (non-hydrogen) atoms. The lowest BCUT2D eigenvalue weighted by Gasteiger charge is -2.40. The van der Waals surface area contributed by atoms with E-state index < -0.39 is 24.0 Å². The molecule has 0 radical (unpaired) electrons. The van der Waals surface area contributed by atoms with Gasteiger partial charge in [-0.15, -0.1) is 0 Å². The number of aromatic nitrogens is 1. The van der Waals surface area contributed by atoms with Gasteiger partial charge in [-0.2, -0.15) is 13.2 Å². The van der Waals surface area contributed by atoms with Crippen LogP contribution in [0.15, 0.2) is 42.6 Å². The first-order valence-corrected chi connectivity index (χ1v) is 12.2. The molecule has 1 saturated carbocycles. The second kappa shape index (κ2) is 9.00. The van der Waals surface area contributed by atoms with E-state index in [9.17, 15) is 22.8 Å². The molecular weight excluding hydrogens is 481 g/mol. The maximum atomic E-state index is 13.2. The zero-order valence-electron chi connectivity index (χ0n) is 18.9. The van der Waals surface area contributed by atoms with Gasteiger partial charge in [0.25, 0.3) is 5.91 Å². The number of carbonyl (C=O) groups is 2. The van der Waals surface area contributed by atoms with Gasteiger partial charge in [0.15, 0.2) is 0 Å². The van der Waals surface area contributed by atoms with Gasteiger partial charge >= 0.3 is 6.18 Å². The molecule has 5 rings (SSSR count). The van der Waals surface area contributed by atoms with Crippen molar-refractivity contribution in [3.05, 3.63) is 58.7 Å². The molecule has 3 heterocycles. The maximum Gasteiger partial charge on any atom is 0.405 e. The summed E-state index contributed by atoms with van der Waals surface area (Å²) < 4.78 is 37.0. The lowest BCUT2D eigenvalue weighted by atomic mass is 9.92. The molecule has 10 heteroatoms. The summed E-state index contributed by atoms with van der Waals surface area (Å²) in [5, 5.41) is 5.78. The molecule has 3 fully saturated rings. The fourth-order valence-electron chi connectivity index (χ4n) is 5.51. The van der Waals surface area contributed by atoms with Crippen LogP contribution >= 0.6 is 11.6 Å². The number of halogens is 4. The molecule has 186 valence electrons. The van der Waals surface area contributed by atoms with Gasteiger partial charge in [0.05, 0.1) is 11.0 Å². The van der Waals surface area contributed by atoms with E-state index in [0.717, 1.165) is 44.1 Å². The highest BCUT2D eigenvalue weighted by molar-refractivity contribution is 6.30. The first-order chi connectivity index (χ1) is 16.6. The number of pyridine rings is 1. The lowest BCUT2D eigenvalue weighted by molar-refractivity contribution is -0.124. The smallest absolute Gasteiger partial charge is 0.352 e. The highest BCUT2D eigenvalue weighted by Crippen LogP contribution is 2.49. The van der Waals surface area contributed by atoms with Gasteiger partial charge in [-0.3, -0.25) is 9.59 Å². The summed E-state index contributed by atoms with van der Waals surface area (Å²) in [4.78, 5) is 31.8. The minimum Gasteiger partial charge on any atom is -0.352 e. The molecule has 0 unspecified atom stereocenters. The fraction of sp³-hybridized carbons (Fsp3) is 0.480. The number of alkyl halides is 3. The Hall–Kier alpha value is -2.81. The van der Waals surface area contributed by atoms with Crippen LogP contribution in [-0.2, 0) is 10.2 Å². The Labute approximate surface area is 206 Å². The van der Waals surface area contributed by atoms with Gasteiger partial charge < -0.3 is 15.5 Å². The van der Waals surface area contributed by atoms with Crippen molar-refractivity contribution in [3.8, 4) is 0 Å². The van der Waals surface area contributed by atoms with E-state index >= 15 is 0 Å². The molecule has 1 aromatic carbocycles. The number of rotatable bonds is 6. The van der Waals surface area contributed by atoms with Crippen LogP contribution in [0.1, 0.15) is 54.4 Å². The third kappa shape index (κ3) is 4.96. The standard InChI is InChI=1S/C25H26ClF3N4O2/c26-17-3-1-2-16(10-17)24(8-9-24)23(35)32-18-11-19-5-6-20(12-18)33(19)21-7-4-15(13-30-21)22(34)31-14-25(27,28)29/h1-4,7,10,13,18-20H,5-6,8-9,11-12,14H2,(H,31,34)(H,32,35)/t18-,19+,20-. The van der Waals surface area contributed by atoms with Crippen LogP contribution in [0.3, 0.4) is 0 Å². The number of nitrogens with one attached hydrogen (secondary N) is 2. The number of fused-ring (bicyclic) bond motifs is 2. The predicted octanol–water partition coefficient (Wildman–Crippen LogP) is 4.37. The van der Waals surface area contributed by atoms with E-state index in [-0.39, 0.29) is 29.6 Å². The van der Waals surface area contributed by atoms with Crippen LogP contribution in [0.25, 0.3) is 0 Å². The van der Waals surface area contributed by atoms with Gasteiger partial charge in [0.1, 0.15) is 12.4 Å². The van der Waals surface area contributed by atoms with Crippen molar-refractivity contribution in [1.29, 1.82) is 0 Å². The third-order valence-electron chi connectivity index (χ3n) is 7.35. The van der Waals surface area contributed by atoms with Crippen molar-refractivity contribution < 1.29 is 22.8 Å². The molecule has 3 aliphatic rings. The number of piperidine rings is 1. The topological polar surface area (TPSA) is 74.3 Å². The van der Waals surface area contributed by atoms with E-state index in [4.69, 9.17) is 11.6 Å². The zero-order valence-corrected chi connectivity index (χ0v) is 19.7. The van der Waals surface area contributed by atoms with Crippen LogP contribution in [-0.4, -0.2) is 47.6 Å². The molecule has 3 atom stereocenters. The van der Waals surface area contributed by atoms with Crippen LogP contribution < -0.4 is 15.5 Å². The largest absolute Gasteiger partial charge is 0.405 e. The van der Waals surface area contributed by atoms with Crippen molar-refractivity contribution in [2.75, 3.05) is 11.4 Å². The Bertz CT molecular complexity index is 1110. The summed E-state index contributed by atoms with van der Waals surface area (Å²) in [6, 6.07) is 11.2. The molecular formula is C25H26ClF3N4O2. The van der Waals surface area contributed by atoms with E-state index in [1.165, 1.54) is 12.3 Å². The molecule has 2 N–H and O–H groups in total. The number of nitrogens with zero attached hydrogens (tertiary/aromatic N) is 2. The quantitative estimate of drug-likeness (QED) is 0.610. The van der Waals surface area contributed by atoms with E-state index in [0.29, 0.717) is 10.8 Å². The molecule has 2 bridgehead atoms. The number of amides is 2. The van der Waals surface area contributed by atoms with Crippen LogP contribution in [0, 0.1) is 0 Å². The minimum atomic E-state index is -4.46. The molecule has 2 saturated heterocycles. The fourth-order valence-corrected chi connectivity index (χ4v) is 5.70. The molecule has 0 spiro atoms. The van der Waals surface area contributed by atoms with Crippen molar-refractivity contribution in [2.24, 2.45) is 0 Å². The molecule has 2 aromatic rings. The first kappa shape index (κ1) is 23.9. The Morgan fingerprint density at radius 3 is 2.40 bits per heavy atom. The molecule has 1 aliphatic carbocycles. The lowest BCUT2D eigenvalue weighted by Crippen LogP contribution is -2.52. The second-order valence-electron chi connectivity index (χ2n) is 9.73. The molecule has 2 amide bonds. The van der Waals surface area contributed by atoms with Crippen molar-refractivity contribution in [3.63, 3.8) is 0 Å². The van der Waals surface area contributed by atoms with Gasteiger partial charge in [0, 0.05) is 29.3 Å².